The number of nitrogens with zero attached hydrogens (tertiary/aromatic N) is 2. The van der Waals surface area contributed by atoms with Gasteiger partial charge in [0.25, 0.3) is 0 Å². The molecule has 1 aromatic heterocycles. The molecule has 0 aliphatic carbocycles. The van der Waals surface area contributed by atoms with Crippen LogP contribution in [0.5, 0.6) is 0 Å². The maximum absolute atomic E-state index is 9.23. The number of hydrogen-bond acceptors (Lipinski definition) is 5. The molecule has 0 radical (unpaired) electrons. The summed E-state index contributed by atoms with van der Waals surface area (Å²) < 4.78 is 0. The summed E-state index contributed by atoms with van der Waals surface area (Å²) in [5.41, 5.74) is 7.04. The number of nitrogens with two attached hydrogens (primary N) is 1. The van der Waals surface area contributed by atoms with E-state index in [-0.39, 0.29) is 6.61 Å². The van der Waals surface area contributed by atoms with E-state index in [1.165, 1.54) is 0 Å². The van der Waals surface area contributed by atoms with Crippen LogP contribution in [-0.4, -0.2) is 41.5 Å². The van der Waals surface area contributed by atoms with Crippen LogP contribution in [0, 0.1) is 0 Å². The van der Waals surface area contributed by atoms with Crippen LogP contribution in [0.3, 0.4) is 0 Å². The van der Waals surface area contributed by atoms with Gasteiger partial charge >= 0.3 is 0 Å². The summed E-state index contributed by atoms with van der Waals surface area (Å²) in [5, 5.41) is 17.9. The molecule has 0 aromatic carbocycles. The summed E-state index contributed by atoms with van der Waals surface area (Å²) in [6.45, 7) is 0.0834. The number of pyridine rings is 1. The minimum Gasteiger partial charge on any atom is -0.396 e. The van der Waals surface area contributed by atoms with E-state index >= 15 is 0 Å². The lowest BCUT2D eigenvalue weighted by Gasteiger charge is -2.22. The maximum Gasteiger partial charge on any atom is 0.0945 e. The van der Waals surface area contributed by atoms with Gasteiger partial charge in [-0.05, 0) is 6.07 Å². The molecule has 0 aliphatic rings. The summed E-state index contributed by atoms with van der Waals surface area (Å²) in [6.07, 6.45) is 2.43. The Labute approximate surface area is 82.8 Å². The Morgan fingerprint density at radius 1 is 1.64 bits per heavy atom. The fourth-order valence-electron chi connectivity index (χ4n) is 1.22. The molecule has 5 heteroatoms. The Morgan fingerprint density at radius 3 is 2.93 bits per heavy atom. The first-order chi connectivity index (χ1) is 6.65. The Balaban J connectivity index is 2.69. The van der Waals surface area contributed by atoms with Crippen molar-refractivity contribution in [1.29, 1.82) is 0 Å². The second-order valence-electron chi connectivity index (χ2n) is 3.15. The van der Waals surface area contributed by atoms with Crippen LogP contribution in [0.4, 0.5) is 11.4 Å². The lowest BCUT2D eigenvalue weighted by atomic mass is 10.3. The average molecular weight is 197 g/mol. The molecule has 0 aliphatic heterocycles. The molecule has 1 heterocycles. The summed E-state index contributed by atoms with van der Waals surface area (Å²) in [5.74, 6) is 0. The normalized spacial score (nSPS) is 12.5. The molecule has 1 atom stereocenters. The number of likely N-dealkylation sites (N-methyl/N-ethyl adjacent to an activating group) is 1. The van der Waals surface area contributed by atoms with Gasteiger partial charge in [0.05, 0.1) is 30.3 Å². The fourth-order valence-corrected chi connectivity index (χ4v) is 1.22. The smallest absolute Gasteiger partial charge is 0.0945 e. The van der Waals surface area contributed by atoms with Crippen molar-refractivity contribution in [1.82, 2.24) is 4.98 Å². The number of anilines is 2. The molecule has 1 aromatic rings. The van der Waals surface area contributed by atoms with Crippen molar-refractivity contribution >= 4 is 11.4 Å². The number of rotatable bonds is 4. The van der Waals surface area contributed by atoms with Crippen molar-refractivity contribution in [3.05, 3.63) is 18.5 Å². The molecule has 0 saturated carbocycles. The van der Waals surface area contributed by atoms with Crippen LogP contribution in [0.2, 0.25) is 0 Å². The second-order valence-corrected chi connectivity index (χ2v) is 3.15. The van der Waals surface area contributed by atoms with Crippen LogP contribution in [0.15, 0.2) is 18.5 Å². The quantitative estimate of drug-likeness (QED) is 0.603. The van der Waals surface area contributed by atoms with Crippen LogP contribution in [0.25, 0.3) is 0 Å². The second kappa shape index (κ2) is 4.78. The molecule has 0 amide bonds. The SMILES string of the molecule is CN(CC(O)CO)c1ccncc1N. The van der Waals surface area contributed by atoms with Gasteiger partial charge in [-0.25, -0.2) is 0 Å². The monoisotopic (exact) mass is 197 g/mol. The van der Waals surface area contributed by atoms with Crippen molar-refractivity contribution in [3.8, 4) is 0 Å². The zero-order valence-corrected chi connectivity index (χ0v) is 8.09. The first-order valence-electron chi connectivity index (χ1n) is 4.34. The molecule has 78 valence electrons. The molecule has 1 unspecified atom stereocenters. The molecular weight excluding hydrogens is 182 g/mol. The predicted molar refractivity (Wildman–Crippen MR) is 55.0 cm³/mol. The van der Waals surface area contributed by atoms with Gasteiger partial charge in [0.2, 0.25) is 0 Å². The van der Waals surface area contributed by atoms with E-state index in [1.807, 2.05) is 0 Å². The van der Waals surface area contributed by atoms with Crippen LogP contribution < -0.4 is 10.6 Å². The third kappa shape index (κ3) is 2.58. The predicted octanol–water partition coefficient (Wildman–Crippen LogP) is -0.547. The Morgan fingerprint density at radius 2 is 2.36 bits per heavy atom. The van der Waals surface area contributed by atoms with Crippen molar-refractivity contribution in [2.75, 3.05) is 30.8 Å². The van der Waals surface area contributed by atoms with Crippen molar-refractivity contribution in [2.24, 2.45) is 0 Å². The molecule has 0 fully saturated rings. The molecule has 0 bridgehead atoms. The van der Waals surface area contributed by atoms with Gasteiger partial charge < -0.3 is 20.8 Å². The first-order valence-corrected chi connectivity index (χ1v) is 4.34. The van der Waals surface area contributed by atoms with Crippen LogP contribution >= 0.6 is 0 Å². The molecule has 0 saturated heterocycles. The lowest BCUT2D eigenvalue weighted by Crippen LogP contribution is -2.31. The Kier molecular flexibility index (Phi) is 3.67. The van der Waals surface area contributed by atoms with Gasteiger partial charge in [-0.1, -0.05) is 0 Å². The van der Waals surface area contributed by atoms with Gasteiger partial charge in [-0.3, -0.25) is 4.98 Å². The highest BCUT2D eigenvalue weighted by Crippen LogP contribution is 2.19. The van der Waals surface area contributed by atoms with Crippen molar-refractivity contribution in [3.63, 3.8) is 0 Å². The summed E-state index contributed by atoms with van der Waals surface area (Å²) in [6, 6.07) is 1.76. The summed E-state index contributed by atoms with van der Waals surface area (Å²) >= 11 is 0. The van der Waals surface area contributed by atoms with E-state index in [9.17, 15) is 5.11 Å². The van der Waals surface area contributed by atoms with E-state index in [4.69, 9.17) is 10.8 Å². The molecule has 14 heavy (non-hydrogen) atoms. The number of aliphatic hydroxyl groups is 2. The van der Waals surface area contributed by atoms with E-state index in [2.05, 4.69) is 4.98 Å². The van der Waals surface area contributed by atoms with Gasteiger partial charge in [-0.15, -0.1) is 0 Å². The standard InChI is InChI=1S/C9H15N3O2/c1-12(5-7(14)6-13)9-2-3-11-4-8(9)10/h2-4,7,13-14H,5-6,10H2,1H3. The zero-order valence-electron chi connectivity index (χ0n) is 8.09. The number of aromatic nitrogens is 1. The highest BCUT2D eigenvalue weighted by molar-refractivity contribution is 5.65. The zero-order chi connectivity index (χ0) is 10.6. The van der Waals surface area contributed by atoms with E-state index in [0.717, 1.165) is 5.69 Å². The van der Waals surface area contributed by atoms with E-state index in [1.54, 1.807) is 30.4 Å². The molecule has 5 nitrogen and oxygen atoms in total. The lowest BCUT2D eigenvalue weighted by molar-refractivity contribution is 0.101. The highest BCUT2D eigenvalue weighted by Gasteiger charge is 2.09. The van der Waals surface area contributed by atoms with Gasteiger partial charge in [0, 0.05) is 19.8 Å². The third-order valence-electron chi connectivity index (χ3n) is 1.93. The number of hydrogen-bond donors (Lipinski definition) is 3. The van der Waals surface area contributed by atoms with Gasteiger partial charge in [0.15, 0.2) is 0 Å². The first kappa shape index (κ1) is 10.7. The number of nitrogen functional groups attached to an aromatic ring is 1. The maximum atomic E-state index is 9.23. The summed E-state index contributed by atoms with van der Waals surface area (Å²) in [7, 11) is 1.80. The van der Waals surface area contributed by atoms with Crippen LogP contribution in [0.1, 0.15) is 0 Å². The Hall–Kier alpha value is -1.33. The number of aliphatic hydroxyl groups excluding tert-OH is 2. The minimum atomic E-state index is -0.757. The van der Waals surface area contributed by atoms with Crippen LogP contribution in [-0.2, 0) is 0 Å². The fraction of sp³-hybridized carbons (Fsp3) is 0.444. The molecule has 4 N–H and O–H groups in total. The van der Waals surface area contributed by atoms with E-state index < -0.39 is 6.10 Å². The van der Waals surface area contributed by atoms with Crippen molar-refractivity contribution in [2.45, 2.75) is 6.10 Å². The topological polar surface area (TPSA) is 82.6 Å². The highest BCUT2D eigenvalue weighted by atomic mass is 16.3. The third-order valence-corrected chi connectivity index (χ3v) is 1.93. The summed E-state index contributed by atoms with van der Waals surface area (Å²) in [4.78, 5) is 5.64. The van der Waals surface area contributed by atoms with Gasteiger partial charge in [0.1, 0.15) is 0 Å². The van der Waals surface area contributed by atoms with E-state index in [0.29, 0.717) is 12.2 Å². The minimum absolute atomic E-state index is 0.255. The molecule has 0 spiro atoms. The molecule has 1 rings (SSSR count). The largest absolute Gasteiger partial charge is 0.396 e. The van der Waals surface area contributed by atoms with Gasteiger partial charge in [-0.2, -0.15) is 0 Å². The average Bonchev–Trinajstić information content (AvgIpc) is 2.18. The molecular formula is C9H15N3O2. The van der Waals surface area contributed by atoms with Crippen molar-refractivity contribution < 1.29 is 10.2 Å². The Bertz CT molecular complexity index is 293.